The highest BCUT2D eigenvalue weighted by Gasteiger charge is 2.08. The number of aryl methyl sites for hydroxylation is 1. The topological polar surface area (TPSA) is 35.0 Å². The summed E-state index contributed by atoms with van der Waals surface area (Å²) in [5.41, 5.74) is 2.70. The van der Waals surface area contributed by atoms with Crippen LogP contribution in [0.2, 0.25) is 0 Å². The first-order chi connectivity index (χ1) is 9.76. The second-order valence-corrected chi connectivity index (χ2v) is 4.78. The van der Waals surface area contributed by atoms with E-state index in [1.807, 2.05) is 49.4 Å². The van der Waals surface area contributed by atoms with Gasteiger partial charge in [-0.2, -0.15) is 0 Å². The summed E-state index contributed by atoms with van der Waals surface area (Å²) in [6.45, 7) is 1.93. The van der Waals surface area contributed by atoms with Crippen LogP contribution < -0.4 is 4.74 Å². The van der Waals surface area contributed by atoms with E-state index in [1.54, 1.807) is 6.20 Å². The number of aromatic nitrogens is 2. The minimum Gasteiger partial charge on any atom is -0.437 e. The van der Waals surface area contributed by atoms with Gasteiger partial charge in [0, 0.05) is 16.6 Å². The molecule has 0 saturated carbocycles. The number of nitrogens with zero attached hydrogens (tertiary/aromatic N) is 2. The monoisotopic (exact) mass is 284 g/mol. The molecule has 1 aromatic carbocycles. The molecular weight excluding hydrogens is 272 g/mol. The third-order valence-electron chi connectivity index (χ3n) is 3.01. The lowest BCUT2D eigenvalue weighted by molar-refractivity contribution is 0.458. The molecule has 0 aliphatic carbocycles. The molecule has 0 fully saturated rings. The second-order valence-electron chi connectivity index (χ2n) is 4.52. The third-order valence-corrected chi connectivity index (χ3v) is 3.29. The van der Waals surface area contributed by atoms with E-state index in [1.165, 1.54) is 0 Å². The van der Waals surface area contributed by atoms with Gasteiger partial charge >= 0.3 is 0 Å². The van der Waals surface area contributed by atoms with Crippen LogP contribution in [0.1, 0.15) is 11.3 Å². The highest BCUT2D eigenvalue weighted by atomic mass is 35.5. The van der Waals surface area contributed by atoms with Crippen molar-refractivity contribution in [1.29, 1.82) is 0 Å². The standard InChI is InChI=1S/C16H13ClN2O/c1-11-6-7-14(10-18-11)20-16-13(9-17)8-12-4-2-3-5-15(12)19-16/h2-8,10H,9H2,1H3. The quantitative estimate of drug-likeness (QED) is 0.666. The molecule has 0 spiro atoms. The van der Waals surface area contributed by atoms with Crippen molar-refractivity contribution in [3.63, 3.8) is 0 Å². The molecule has 0 aliphatic rings. The summed E-state index contributed by atoms with van der Waals surface area (Å²) in [5.74, 6) is 1.54. The van der Waals surface area contributed by atoms with Gasteiger partial charge in [0.25, 0.3) is 0 Å². The lowest BCUT2D eigenvalue weighted by Crippen LogP contribution is -1.95. The molecule has 2 aromatic heterocycles. The van der Waals surface area contributed by atoms with E-state index >= 15 is 0 Å². The van der Waals surface area contributed by atoms with Crippen molar-refractivity contribution in [3.8, 4) is 11.6 Å². The second kappa shape index (κ2) is 5.47. The summed E-state index contributed by atoms with van der Waals surface area (Å²) in [4.78, 5) is 8.74. The maximum absolute atomic E-state index is 5.99. The first-order valence-electron chi connectivity index (χ1n) is 6.31. The van der Waals surface area contributed by atoms with Gasteiger partial charge in [0.2, 0.25) is 5.88 Å². The zero-order valence-electron chi connectivity index (χ0n) is 11.0. The van der Waals surface area contributed by atoms with E-state index in [4.69, 9.17) is 16.3 Å². The molecule has 0 aliphatic heterocycles. The van der Waals surface area contributed by atoms with E-state index in [0.717, 1.165) is 22.2 Å². The Hall–Kier alpha value is -2.13. The van der Waals surface area contributed by atoms with Crippen molar-refractivity contribution in [3.05, 3.63) is 59.9 Å². The Morgan fingerprint density at radius 3 is 2.75 bits per heavy atom. The molecule has 4 heteroatoms. The molecule has 100 valence electrons. The lowest BCUT2D eigenvalue weighted by atomic mass is 10.2. The number of rotatable bonds is 3. The Morgan fingerprint density at radius 2 is 2.00 bits per heavy atom. The van der Waals surface area contributed by atoms with E-state index < -0.39 is 0 Å². The van der Waals surface area contributed by atoms with Crippen LogP contribution in [-0.4, -0.2) is 9.97 Å². The zero-order chi connectivity index (χ0) is 13.9. The first-order valence-corrected chi connectivity index (χ1v) is 6.85. The van der Waals surface area contributed by atoms with Crippen LogP contribution in [0.3, 0.4) is 0 Å². The molecule has 0 saturated heterocycles. The molecule has 0 amide bonds. The van der Waals surface area contributed by atoms with Crippen LogP contribution in [0.15, 0.2) is 48.7 Å². The number of benzene rings is 1. The van der Waals surface area contributed by atoms with Gasteiger partial charge in [-0.3, -0.25) is 4.98 Å². The number of fused-ring (bicyclic) bond motifs is 1. The third kappa shape index (κ3) is 2.58. The fraction of sp³-hybridized carbons (Fsp3) is 0.125. The summed E-state index contributed by atoms with van der Waals surface area (Å²) in [7, 11) is 0. The van der Waals surface area contributed by atoms with Gasteiger partial charge in [-0.1, -0.05) is 18.2 Å². The van der Waals surface area contributed by atoms with Gasteiger partial charge in [0.05, 0.1) is 17.6 Å². The normalized spacial score (nSPS) is 10.7. The van der Waals surface area contributed by atoms with Crippen molar-refractivity contribution >= 4 is 22.5 Å². The highest BCUT2D eigenvalue weighted by molar-refractivity contribution is 6.17. The van der Waals surface area contributed by atoms with Gasteiger partial charge in [0.1, 0.15) is 5.75 Å². The summed E-state index contributed by atoms with van der Waals surface area (Å²) >= 11 is 5.99. The Kier molecular flexibility index (Phi) is 3.52. The van der Waals surface area contributed by atoms with Crippen LogP contribution in [0.5, 0.6) is 11.6 Å². The molecule has 0 radical (unpaired) electrons. The van der Waals surface area contributed by atoms with Gasteiger partial charge < -0.3 is 4.74 Å². The molecule has 0 bridgehead atoms. The fourth-order valence-electron chi connectivity index (χ4n) is 1.95. The van der Waals surface area contributed by atoms with Crippen molar-refractivity contribution in [1.82, 2.24) is 9.97 Å². The van der Waals surface area contributed by atoms with E-state index in [-0.39, 0.29) is 0 Å². The Bertz CT molecular complexity index is 741. The average molecular weight is 285 g/mol. The van der Waals surface area contributed by atoms with Crippen LogP contribution in [0.25, 0.3) is 10.9 Å². The summed E-state index contributed by atoms with van der Waals surface area (Å²) in [6.07, 6.45) is 1.68. The molecule has 3 nitrogen and oxygen atoms in total. The van der Waals surface area contributed by atoms with Crippen LogP contribution >= 0.6 is 11.6 Å². The number of halogens is 1. The molecule has 0 N–H and O–H groups in total. The molecule has 20 heavy (non-hydrogen) atoms. The minimum absolute atomic E-state index is 0.354. The van der Waals surface area contributed by atoms with E-state index in [2.05, 4.69) is 9.97 Å². The molecular formula is C16H13ClN2O. The largest absolute Gasteiger partial charge is 0.437 e. The Labute approximate surface area is 122 Å². The Morgan fingerprint density at radius 1 is 1.15 bits per heavy atom. The fourth-order valence-corrected chi connectivity index (χ4v) is 2.14. The summed E-state index contributed by atoms with van der Waals surface area (Å²) in [5, 5.41) is 1.05. The van der Waals surface area contributed by atoms with E-state index in [9.17, 15) is 0 Å². The molecule has 3 rings (SSSR count). The van der Waals surface area contributed by atoms with Crippen LogP contribution in [-0.2, 0) is 5.88 Å². The average Bonchev–Trinajstić information content (AvgIpc) is 2.49. The van der Waals surface area contributed by atoms with E-state index in [0.29, 0.717) is 17.5 Å². The molecule has 3 aromatic rings. The van der Waals surface area contributed by atoms with Crippen molar-refractivity contribution in [2.75, 3.05) is 0 Å². The molecule has 0 atom stereocenters. The van der Waals surface area contributed by atoms with Crippen molar-refractivity contribution in [2.24, 2.45) is 0 Å². The first kappa shape index (κ1) is 12.9. The smallest absolute Gasteiger partial charge is 0.224 e. The van der Waals surface area contributed by atoms with Crippen LogP contribution in [0.4, 0.5) is 0 Å². The number of hydrogen-bond acceptors (Lipinski definition) is 3. The number of hydrogen-bond donors (Lipinski definition) is 0. The van der Waals surface area contributed by atoms with Crippen LogP contribution in [0, 0.1) is 6.92 Å². The van der Waals surface area contributed by atoms with Gasteiger partial charge in [-0.15, -0.1) is 11.6 Å². The number of pyridine rings is 2. The number of para-hydroxylation sites is 1. The number of ether oxygens (including phenoxy) is 1. The van der Waals surface area contributed by atoms with Gasteiger partial charge in [0.15, 0.2) is 0 Å². The highest BCUT2D eigenvalue weighted by Crippen LogP contribution is 2.27. The van der Waals surface area contributed by atoms with Crippen molar-refractivity contribution in [2.45, 2.75) is 12.8 Å². The number of alkyl halides is 1. The predicted molar refractivity (Wildman–Crippen MR) is 80.3 cm³/mol. The lowest BCUT2D eigenvalue weighted by Gasteiger charge is -2.10. The summed E-state index contributed by atoms with van der Waals surface area (Å²) < 4.78 is 5.81. The molecule has 0 unspecified atom stereocenters. The Balaban J connectivity index is 2.03. The summed E-state index contributed by atoms with van der Waals surface area (Å²) in [6, 6.07) is 13.7. The SMILES string of the molecule is Cc1ccc(Oc2nc3ccccc3cc2CCl)cn1. The maximum Gasteiger partial charge on any atom is 0.224 e. The minimum atomic E-state index is 0.354. The molecule has 2 heterocycles. The van der Waals surface area contributed by atoms with Gasteiger partial charge in [-0.25, -0.2) is 4.98 Å². The predicted octanol–water partition coefficient (Wildman–Crippen LogP) is 4.47. The zero-order valence-corrected chi connectivity index (χ0v) is 11.8. The van der Waals surface area contributed by atoms with Gasteiger partial charge in [-0.05, 0) is 31.2 Å². The maximum atomic E-state index is 5.99. The van der Waals surface area contributed by atoms with Crippen molar-refractivity contribution < 1.29 is 4.74 Å².